The minimum Gasteiger partial charge on any atom is -0.208 e. The number of hydrogen-bond donors (Lipinski definition) is 0. The molecule has 0 saturated heterocycles. The Labute approximate surface area is 311 Å². The van der Waals surface area contributed by atoms with Gasteiger partial charge in [-0.15, -0.1) is 0 Å². The summed E-state index contributed by atoms with van der Waals surface area (Å²) in [6.07, 6.45) is 9.39. The van der Waals surface area contributed by atoms with Gasteiger partial charge in [0.05, 0.1) is 0 Å². The van der Waals surface area contributed by atoms with Crippen LogP contribution < -0.4 is 0 Å². The van der Waals surface area contributed by atoms with Crippen LogP contribution in [0.5, 0.6) is 0 Å². The molecule has 6 aromatic carbocycles. The van der Waals surface area contributed by atoms with E-state index in [0.717, 1.165) is 22.1 Å². The van der Waals surface area contributed by atoms with Crippen LogP contribution in [0.25, 0.3) is 56.1 Å². The predicted molar refractivity (Wildman–Crippen MR) is 218 cm³/mol. The van der Waals surface area contributed by atoms with Crippen molar-refractivity contribution in [1.29, 1.82) is 0 Å². The second-order valence-electron chi connectivity index (χ2n) is 16.0. The average molecular weight is 684 g/mol. The third-order valence-electron chi connectivity index (χ3n) is 12.8. The van der Waals surface area contributed by atoms with E-state index in [2.05, 4.69) is 167 Å². The maximum atomic E-state index is 5.09. The zero-order valence-corrected chi connectivity index (χ0v) is 30.6. The van der Waals surface area contributed by atoms with Crippen molar-refractivity contribution < 1.29 is 0 Å². The molecule has 0 bridgehead atoms. The molecule has 3 nitrogen and oxygen atoms in total. The lowest BCUT2D eigenvalue weighted by atomic mass is 9.54. The molecule has 7 aromatic rings. The van der Waals surface area contributed by atoms with Gasteiger partial charge in [0, 0.05) is 28.5 Å². The molecule has 0 spiro atoms. The van der Waals surface area contributed by atoms with E-state index in [-0.39, 0.29) is 16.7 Å². The summed E-state index contributed by atoms with van der Waals surface area (Å²) in [4.78, 5) is 15.1. The molecule has 3 aliphatic rings. The quantitative estimate of drug-likeness (QED) is 0.185. The molecule has 3 heteroatoms. The van der Waals surface area contributed by atoms with Crippen LogP contribution in [-0.4, -0.2) is 15.0 Å². The van der Waals surface area contributed by atoms with Crippen molar-refractivity contribution in [2.75, 3.05) is 0 Å². The van der Waals surface area contributed by atoms with Crippen LogP contribution in [0.2, 0.25) is 0 Å². The first-order valence-electron chi connectivity index (χ1n) is 18.8. The summed E-state index contributed by atoms with van der Waals surface area (Å²) in [5.74, 6) is 2.95. The van der Waals surface area contributed by atoms with Crippen molar-refractivity contribution in [3.8, 4) is 45.3 Å². The van der Waals surface area contributed by atoms with Gasteiger partial charge in [0.1, 0.15) is 0 Å². The summed E-state index contributed by atoms with van der Waals surface area (Å²) in [6.45, 7) is 9.80. The number of aromatic nitrogens is 3. The van der Waals surface area contributed by atoms with Crippen molar-refractivity contribution in [3.63, 3.8) is 0 Å². The summed E-state index contributed by atoms with van der Waals surface area (Å²) in [5, 5.41) is 2.36. The lowest BCUT2D eigenvalue weighted by Gasteiger charge is -2.49. The minimum absolute atomic E-state index is 0.0238. The molecule has 3 unspecified atom stereocenters. The fourth-order valence-electron chi connectivity index (χ4n) is 9.43. The Morgan fingerprint density at radius 2 is 1.11 bits per heavy atom. The second-order valence-corrected chi connectivity index (χ2v) is 16.0. The molecule has 256 valence electrons. The number of nitrogens with zero attached hydrogens (tertiary/aromatic N) is 3. The number of benzene rings is 6. The highest BCUT2D eigenvalue weighted by Crippen LogP contribution is 2.61. The monoisotopic (exact) mass is 683 g/mol. The minimum atomic E-state index is -0.0573. The van der Waals surface area contributed by atoms with E-state index in [1.165, 1.54) is 44.3 Å². The smallest absolute Gasteiger partial charge is 0.164 e. The van der Waals surface area contributed by atoms with E-state index in [9.17, 15) is 0 Å². The molecule has 0 N–H and O–H groups in total. The predicted octanol–water partition coefficient (Wildman–Crippen LogP) is 12.2. The van der Waals surface area contributed by atoms with E-state index in [4.69, 9.17) is 15.0 Å². The Kier molecular flexibility index (Phi) is 7.07. The SMILES string of the molecule is CC1(C)c2ccccc2-c2ccc3c(c2C1(C)C)C1C=CC=CC1C3c1ccc(-c2nc(-c3ccccc3)nc(-c3ccc4ccccc4c3)n2)cc1. The molecule has 53 heavy (non-hydrogen) atoms. The number of allylic oxidation sites excluding steroid dienone is 4. The fraction of sp³-hybridized carbons (Fsp3) is 0.180. The molecule has 0 amide bonds. The Bertz CT molecular complexity index is 2630. The summed E-state index contributed by atoms with van der Waals surface area (Å²) in [5.41, 5.74) is 12.9. The van der Waals surface area contributed by atoms with Crippen molar-refractivity contribution in [1.82, 2.24) is 15.0 Å². The first kappa shape index (κ1) is 31.8. The molecular weight excluding hydrogens is 643 g/mol. The highest BCUT2D eigenvalue weighted by atomic mass is 15.0. The largest absolute Gasteiger partial charge is 0.208 e. The number of hydrogen-bond acceptors (Lipinski definition) is 3. The summed E-state index contributed by atoms with van der Waals surface area (Å²) >= 11 is 0. The molecule has 0 radical (unpaired) electrons. The van der Waals surface area contributed by atoms with Crippen molar-refractivity contribution in [2.45, 2.75) is 50.4 Å². The summed E-state index contributed by atoms with van der Waals surface area (Å²) in [6, 6.07) is 48.0. The molecule has 3 aliphatic carbocycles. The van der Waals surface area contributed by atoms with Crippen molar-refractivity contribution >= 4 is 10.8 Å². The van der Waals surface area contributed by atoms with Crippen LogP contribution in [0.15, 0.2) is 158 Å². The second kappa shape index (κ2) is 11.8. The highest BCUT2D eigenvalue weighted by Gasteiger charge is 2.51. The van der Waals surface area contributed by atoms with Crippen molar-refractivity contribution in [3.05, 3.63) is 186 Å². The maximum Gasteiger partial charge on any atom is 0.164 e. The molecule has 0 aliphatic heterocycles. The van der Waals surface area contributed by atoms with E-state index in [1.54, 1.807) is 0 Å². The molecule has 1 heterocycles. The van der Waals surface area contributed by atoms with E-state index in [0.29, 0.717) is 29.3 Å². The summed E-state index contributed by atoms with van der Waals surface area (Å²) < 4.78 is 0. The first-order valence-corrected chi connectivity index (χ1v) is 18.8. The number of fused-ring (bicyclic) bond motifs is 8. The molecule has 0 saturated carbocycles. The standard InChI is InChI=1S/C50H41N3/c1-49(2)42-21-13-12-18-37(42)40-28-29-41-43(38-19-10-11-20-39(38)44(41)45(40)50(49,3)4)32-23-25-34(26-24-32)47-51-46(33-15-6-5-7-16-33)52-48(53-47)36-27-22-31-14-8-9-17-35(31)30-36/h5-30,38-39,43H,1-4H3. The number of rotatable bonds is 4. The average Bonchev–Trinajstić information content (AvgIpc) is 3.54. The van der Waals surface area contributed by atoms with Gasteiger partial charge in [-0.05, 0) is 72.5 Å². The molecule has 1 aromatic heterocycles. The summed E-state index contributed by atoms with van der Waals surface area (Å²) in [7, 11) is 0. The van der Waals surface area contributed by atoms with Crippen LogP contribution in [0.1, 0.15) is 67.3 Å². The Balaban J connectivity index is 1.09. The van der Waals surface area contributed by atoms with Crippen LogP contribution in [0, 0.1) is 5.92 Å². The Morgan fingerprint density at radius 1 is 0.491 bits per heavy atom. The van der Waals surface area contributed by atoms with Crippen LogP contribution >= 0.6 is 0 Å². The van der Waals surface area contributed by atoms with Gasteiger partial charge in [-0.1, -0.05) is 179 Å². The van der Waals surface area contributed by atoms with Crippen LogP contribution in [-0.2, 0) is 10.8 Å². The highest BCUT2D eigenvalue weighted by molar-refractivity contribution is 5.87. The fourth-order valence-corrected chi connectivity index (χ4v) is 9.43. The third kappa shape index (κ3) is 4.83. The van der Waals surface area contributed by atoms with E-state index in [1.807, 2.05) is 18.2 Å². The normalized spacial score (nSPS) is 20.0. The van der Waals surface area contributed by atoms with Gasteiger partial charge in [-0.3, -0.25) is 0 Å². The van der Waals surface area contributed by atoms with Gasteiger partial charge in [0.15, 0.2) is 17.5 Å². The molecule has 3 atom stereocenters. The lowest BCUT2D eigenvalue weighted by Crippen LogP contribution is -2.44. The van der Waals surface area contributed by atoms with E-state index < -0.39 is 0 Å². The van der Waals surface area contributed by atoms with Crippen LogP contribution in [0.4, 0.5) is 0 Å². The topological polar surface area (TPSA) is 38.7 Å². The van der Waals surface area contributed by atoms with Gasteiger partial charge in [0.2, 0.25) is 0 Å². The third-order valence-corrected chi connectivity index (χ3v) is 12.8. The molecule has 0 fully saturated rings. The lowest BCUT2D eigenvalue weighted by molar-refractivity contribution is 0.296. The Hall–Kier alpha value is -5.93. The van der Waals surface area contributed by atoms with Gasteiger partial charge in [0.25, 0.3) is 0 Å². The van der Waals surface area contributed by atoms with E-state index >= 15 is 0 Å². The first-order chi connectivity index (χ1) is 25.8. The Morgan fingerprint density at radius 3 is 1.89 bits per heavy atom. The van der Waals surface area contributed by atoms with Gasteiger partial charge < -0.3 is 0 Å². The van der Waals surface area contributed by atoms with Crippen molar-refractivity contribution in [2.24, 2.45) is 5.92 Å². The van der Waals surface area contributed by atoms with Gasteiger partial charge >= 0.3 is 0 Å². The van der Waals surface area contributed by atoms with Crippen LogP contribution in [0.3, 0.4) is 0 Å². The van der Waals surface area contributed by atoms with Gasteiger partial charge in [-0.25, -0.2) is 15.0 Å². The van der Waals surface area contributed by atoms with Gasteiger partial charge in [-0.2, -0.15) is 0 Å². The molecular formula is C50H41N3. The zero-order chi connectivity index (χ0) is 35.9. The zero-order valence-electron chi connectivity index (χ0n) is 30.6. The maximum absolute atomic E-state index is 5.09. The molecule has 10 rings (SSSR count).